The molecule has 1 atom stereocenters. The SMILES string of the molecule is CN1CCC(Oc2cccc(Br)c2Cl)c2cc(Cl)sc2C1. The minimum atomic E-state index is -0.0134. The van der Waals surface area contributed by atoms with Crippen molar-refractivity contribution in [3.8, 4) is 5.75 Å². The van der Waals surface area contributed by atoms with Crippen LogP contribution < -0.4 is 4.74 Å². The van der Waals surface area contributed by atoms with Crippen molar-refractivity contribution in [1.82, 2.24) is 4.90 Å². The summed E-state index contributed by atoms with van der Waals surface area (Å²) in [5.41, 5.74) is 1.19. The Labute approximate surface area is 146 Å². The third-order valence-corrected chi connectivity index (χ3v) is 6.07. The molecule has 1 aliphatic rings. The maximum absolute atomic E-state index is 6.31. The average molecular weight is 407 g/mol. The number of halogens is 3. The Balaban J connectivity index is 1.93. The van der Waals surface area contributed by atoms with Gasteiger partial charge in [0.2, 0.25) is 0 Å². The van der Waals surface area contributed by atoms with Gasteiger partial charge in [0.15, 0.2) is 0 Å². The standard InChI is InChI=1S/C15H14BrCl2NOS/c1-19-6-5-11(9-7-14(17)21-13(9)8-19)20-12-4-2-3-10(16)15(12)18/h2-4,7,11H,5-6,8H2,1H3. The van der Waals surface area contributed by atoms with Crippen LogP contribution in [0.25, 0.3) is 0 Å². The van der Waals surface area contributed by atoms with Gasteiger partial charge in [0.25, 0.3) is 0 Å². The fraction of sp³-hybridized carbons (Fsp3) is 0.333. The summed E-state index contributed by atoms with van der Waals surface area (Å²) in [4.78, 5) is 3.56. The molecule has 2 nitrogen and oxygen atoms in total. The molecule has 0 aliphatic carbocycles. The van der Waals surface area contributed by atoms with Crippen LogP contribution in [0.1, 0.15) is 23.0 Å². The van der Waals surface area contributed by atoms with Gasteiger partial charge in [0.1, 0.15) is 11.9 Å². The second-order valence-corrected chi connectivity index (χ2v) is 8.11. The summed E-state index contributed by atoms with van der Waals surface area (Å²) in [7, 11) is 2.12. The number of hydrogen-bond acceptors (Lipinski definition) is 3. The molecule has 0 amide bonds. The average Bonchev–Trinajstić information content (AvgIpc) is 2.73. The molecule has 6 heteroatoms. The van der Waals surface area contributed by atoms with Crippen LogP contribution in [0.15, 0.2) is 28.7 Å². The highest BCUT2D eigenvalue weighted by molar-refractivity contribution is 9.10. The highest BCUT2D eigenvalue weighted by atomic mass is 79.9. The molecule has 1 unspecified atom stereocenters. The Morgan fingerprint density at radius 3 is 3.00 bits per heavy atom. The van der Waals surface area contributed by atoms with E-state index in [4.69, 9.17) is 27.9 Å². The van der Waals surface area contributed by atoms with Crippen LogP contribution in [0.4, 0.5) is 0 Å². The van der Waals surface area contributed by atoms with Crippen molar-refractivity contribution in [2.75, 3.05) is 13.6 Å². The molecule has 1 aromatic carbocycles. The van der Waals surface area contributed by atoms with Crippen molar-refractivity contribution in [3.63, 3.8) is 0 Å². The van der Waals surface area contributed by atoms with E-state index in [0.29, 0.717) is 10.8 Å². The molecule has 112 valence electrons. The predicted octanol–water partition coefficient (Wildman–Crippen LogP) is 5.77. The van der Waals surface area contributed by atoms with E-state index in [-0.39, 0.29) is 6.10 Å². The first-order chi connectivity index (χ1) is 10.0. The Bertz CT molecular complexity index is 661. The summed E-state index contributed by atoms with van der Waals surface area (Å²) in [6.07, 6.45) is 0.903. The summed E-state index contributed by atoms with van der Waals surface area (Å²) in [6.45, 7) is 1.90. The lowest BCUT2D eigenvalue weighted by Gasteiger charge is -2.19. The molecule has 0 bridgehead atoms. The molecule has 3 rings (SSSR count). The number of ether oxygens (including phenoxy) is 1. The fourth-order valence-electron chi connectivity index (χ4n) is 2.47. The number of thiophene rings is 1. The zero-order chi connectivity index (χ0) is 15.0. The molecule has 0 spiro atoms. The first kappa shape index (κ1) is 15.6. The van der Waals surface area contributed by atoms with E-state index in [0.717, 1.165) is 28.3 Å². The molecule has 1 aromatic heterocycles. The number of fused-ring (bicyclic) bond motifs is 1. The van der Waals surface area contributed by atoms with Crippen LogP contribution in [0.5, 0.6) is 5.75 Å². The minimum Gasteiger partial charge on any atom is -0.484 e. The Kier molecular flexibility index (Phi) is 4.81. The highest BCUT2D eigenvalue weighted by Crippen LogP contribution is 2.40. The molecule has 0 radical (unpaired) electrons. The van der Waals surface area contributed by atoms with Gasteiger partial charge in [-0.25, -0.2) is 0 Å². The molecule has 2 heterocycles. The van der Waals surface area contributed by atoms with E-state index >= 15 is 0 Å². The van der Waals surface area contributed by atoms with Crippen molar-refractivity contribution in [2.45, 2.75) is 19.1 Å². The maximum atomic E-state index is 6.31. The van der Waals surface area contributed by atoms with Gasteiger partial charge in [-0.05, 0) is 41.2 Å². The molecular weight excluding hydrogens is 393 g/mol. The van der Waals surface area contributed by atoms with E-state index in [9.17, 15) is 0 Å². The van der Waals surface area contributed by atoms with Gasteiger partial charge in [-0.3, -0.25) is 0 Å². The van der Waals surface area contributed by atoms with Gasteiger partial charge >= 0.3 is 0 Å². The van der Waals surface area contributed by atoms with Crippen LogP contribution in [0.2, 0.25) is 9.36 Å². The van der Waals surface area contributed by atoms with Crippen LogP contribution in [-0.2, 0) is 6.54 Å². The second kappa shape index (κ2) is 6.47. The van der Waals surface area contributed by atoms with Gasteiger partial charge in [-0.1, -0.05) is 29.3 Å². The molecule has 0 saturated heterocycles. The van der Waals surface area contributed by atoms with E-state index < -0.39 is 0 Å². The molecule has 0 fully saturated rings. The first-order valence-corrected chi connectivity index (χ1v) is 8.98. The van der Waals surface area contributed by atoms with Gasteiger partial charge in [0, 0.05) is 34.4 Å². The Morgan fingerprint density at radius 2 is 2.19 bits per heavy atom. The predicted molar refractivity (Wildman–Crippen MR) is 92.8 cm³/mol. The minimum absolute atomic E-state index is 0.0134. The first-order valence-electron chi connectivity index (χ1n) is 6.62. The largest absolute Gasteiger partial charge is 0.484 e. The number of benzene rings is 1. The maximum Gasteiger partial charge on any atom is 0.139 e. The van der Waals surface area contributed by atoms with Crippen LogP contribution in [0, 0.1) is 0 Å². The summed E-state index contributed by atoms with van der Waals surface area (Å²) in [6, 6.07) is 7.76. The Hall–Kier alpha value is -0.260. The normalized spacial score (nSPS) is 19.1. The number of hydrogen-bond donors (Lipinski definition) is 0. The van der Waals surface area contributed by atoms with Gasteiger partial charge in [-0.15, -0.1) is 11.3 Å². The lowest BCUT2D eigenvalue weighted by Crippen LogP contribution is -2.18. The van der Waals surface area contributed by atoms with E-state index in [1.54, 1.807) is 11.3 Å². The van der Waals surface area contributed by atoms with Gasteiger partial charge in [0.05, 0.1) is 9.36 Å². The molecule has 2 aromatic rings. The summed E-state index contributed by atoms with van der Waals surface area (Å²) in [5, 5.41) is 0.609. The second-order valence-electron chi connectivity index (χ2n) is 5.11. The third kappa shape index (κ3) is 3.40. The highest BCUT2D eigenvalue weighted by Gasteiger charge is 2.25. The van der Waals surface area contributed by atoms with Crippen LogP contribution in [-0.4, -0.2) is 18.5 Å². The van der Waals surface area contributed by atoms with Gasteiger partial charge < -0.3 is 9.64 Å². The summed E-state index contributed by atoms with van der Waals surface area (Å²) >= 11 is 17.6. The van der Waals surface area contributed by atoms with Crippen LogP contribution >= 0.6 is 50.5 Å². The fourth-order valence-corrected chi connectivity index (χ4v) is 4.40. The lowest BCUT2D eigenvalue weighted by atomic mass is 10.1. The Morgan fingerprint density at radius 1 is 1.38 bits per heavy atom. The van der Waals surface area contributed by atoms with Crippen molar-refractivity contribution >= 4 is 50.5 Å². The third-order valence-electron chi connectivity index (χ3n) is 3.53. The van der Waals surface area contributed by atoms with Crippen LogP contribution in [0.3, 0.4) is 0 Å². The monoisotopic (exact) mass is 405 g/mol. The smallest absolute Gasteiger partial charge is 0.139 e. The number of rotatable bonds is 2. The lowest BCUT2D eigenvalue weighted by molar-refractivity contribution is 0.182. The quantitative estimate of drug-likeness (QED) is 0.627. The van der Waals surface area contributed by atoms with E-state index in [1.807, 2.05) is 24.3 Å². The molecule has 21 heavy (non-hydrogen) atoms. The van der Waals surface area contributed by atoms with E-state index in [1.165, 1.54) is 10.4 Å². The van der Waals surface area contributed by atoms with Crippen molar-refractivity contribution in [3.05, 3.63) is 48.5 Å². The van der Waals surface area contributed by atoms with Crippen molar-refractivity contribution in [1.29, 1.82) is 0 Å². The van der Waals surface area contributed by atoms with Crippen molar-refractivity contribution in [2.24, 2.45) is 0 Å². The molecular formula is C15H14BrCl2NOS. The zero-order valence-electron chi connectivity index (χ0n) is 11.4. The molecule has 0 N–H and O–H groups in total. The summed E-state index contributed by atoms with van der Waals surface area (Å²) in [5.74, 6) is 0.703. The molecule has 1 aliphatic heterocycles. The van der Waals surface area contributed by atoms with Crippen molar-refractivity contribution < 1.29 is 4.74 Å². The zero-order valence-corrected chi connectivity index (χ0v) is 15.3. The topological polar surface area (TPSA) is 12.5 Å². The number of nitrogens with zero attached hydrogens (tertiary/aromatic N) is 1. The van der Waals surface area contributed by atoms with E-state index in [2.05, 4.69) is 27.9 Å². The van der Waals surface area contributed by atoms with Gasteiger partial charge in [-0.2, -0.15) is 0 Å². The summed E-state index contributed by atoms with van der Waals surface area (Å²) < 4.78 is 7.85. The molecule has 0 saturated carbocycles.